The van der Waals surface area contributed by atoms with E-state index < -0.39 is 0 Å². The first-order valence-corrected chi connectivity index (χ1v) is 6.45. The molecular weight excluding hydrogens is 254 g/mol. The van der Waals surface area contributed by atoms with Crippen LogP contribution >= 0.6 is 0 Å². The Labute approximate surface area is 118 Å². The van der Waals surface area contributed by atoms with Crippen LogP contribution in [-0.2, 0) is 5.54 Å². The molecule has 0 saturated carbocycles. The van der Waals surface area contributed by atoms with E-state index in [0.29, 0.717) is 11.4 Å². The smallest absolute Gasteiger partial charge is 0.256 e. The van der Waals surface area contributed by atoms with Gasteiger partial charge in [-0.15, -0.1) is 0 Å². The van der Waals surface area contributed by atoms with Gasteiger partial charge in [0.25, 0.3) is 5.91 Å². The van der Waals surface area contributed by atoms with E-state index in [1.165, 1.54) is 12.1 Å². The summed E-state index contributed by atoms with van der Waals surface area (Å²) in [5.74, 6) is 0.570. The van der Waals surface area contributed by atoms with Gasteiger partial charge in [-0.1, -0.05) is 0 Å². The van der Waals surface area contributed by atoms with Crippen LogP contribution in [-0.4, -0.2) is 20.8 Å². The monoisotopic (exact) mass is 273 g/mol. The lowest BCUT2D eigenvalue weighted by Gasteiger charge is -2.22. The van der Waals surface area contributed by atoms with Crippen LogP contribution in [0.4, 0.5) is 5.82 Å². The molecule has 0 aliphatic heterocycles. The molecule has 0 aliphatic carbocycles. The summed E-state index contributed by atoms with van der Waals surface area (Å²) in [6.45, 7) is 7.96. The molecule has 0 atom stereocenters. The third-order valence-corrected chi connectivity index (χ3v) is 2.84. The molecule has 5 nitrogen and oxygen atoms in total. The van der Waals surface area contributed by atoms with Crippen LogP contribution in [0.15, 0.2) is 30.3 Å². The van der Waals surface area contributed by atoms with Crippen LogP contribution in [0.1, 0.15) is 36.8 Å². The van der Waals surface area contributed by atoms with Crippen LogP contribution in [0.2, 0.25) is 0 Å². The van der Waals surface area contributed by atoms with Gasteiger partial charge in [-0.3, -0.25) is 4.79 Å². The van der Waals surface area contributed by atoms with E-state index in [1.54, 1.807) is 16.8 Å². The molecule has 1 aromatic heterocycles. The minimum Gasteiger partial charge on any atom is -0.508 e. The highest BCUT2D eigenvalue weighted by Gasteiger charge is 2.20. The van der Waals surface area contributed by atoms with Gasteiger partial charge in [0, 0.05) is 11.6 Å². The fourth-order valence-electron chi connectivity index (χ4n) is 1.90. The zero-order valence-electron chi connectivity index (χ0n) is 12.1. The second kappa shape index (κ2) is 5.00. The third kappa shape index (κ3) is 2.99. The van der Waals surface area contributed by atoms with Gasteiger partial charge < -0.3 is 10.4 Å². The van der Waals surface area contributed by atoms with E-state index in [9.17, 15) is 9.90 Å². The number of amides is 1. The normalized spacial score (nSPS) is 11.4. The largest absolute Gasteiger partial charge is 0.508 e. The fourth-order valence-corrected chi connectivity index (χ4v) is 1.90. The SMILES string of the molecule is Cc1cc(NC(=O)c2ccc(O)cc2)n(C(C)(C)C)n1. The maximum Gasteiger partial charge on any atom is 0.256 e. The summed E-state index contributed by atoms with van der Waals surface area (Å²) in [4.78, 5) is 12.2. The summed E-state index contributed by atoms with van der Waals surface area (Å²) in [5, 5.41) is 16.5. The number of benzene rings is 1. The van der Waals surface area contributed by atoms with Gasteiger partial charge in [0.2, 0.25) is 0 Å². The lowest BCUT2D eigenvalue weighted by molar-refractivity contribution is 0.102. The summed E-state index contributed by atoms with van der Waals surface area (Å²) in [7, 11) is 0. The Hall–Kier alpha value is -2.30. The highest BCUT2D eigenvalue weighted by molar-refractivity contribution is 6.03. The Kier molecular flexibility index (Phi) is 3.53. The van der Waals surface area contributed by atoms with E-state index in [0.717, 1.165) is 5.69 Å². The number of aryl methyl sites for hydroxylation is 1. The minimum atomic E-state index is -0.226. The van der Waals surface area contributed by atoms with Crippen LogP contribution < -0.4 is 5.32 Å². The molecule has 0 unspecified atom stereocenters. The number of nitrogens with zero attached hydrogens (tertiary/aromatic N) is 2. The maximum absolute atomic E-state index is 12.2. The number of carbonyl (C=O) groups is 1. The van der Waals surface area contributed by atoms with Gasteiger partial charge in [0.15, 0.2) is 0 Å². The van der Waals surface area contributed by atoms with Crippen LogP contribution in [0.25, 0.3) is 0 Å². The Morgan fingerprint density at radius 2 is 1.85 bits per heavy atom. The number of carbonyl (C=O) groups excluding carboxylic acids is 1. The summed E-state index contributed by atoms with van der Waals surface area (Å²) in [5.41, 5.74) is 1.12. The zero-order chi connectivity index (χ0) is 14.9. The quantitative estimate of drug-likeness (QED) is 0.884. The van der Waals surface area contributed by atoms with E-state index in [-0.39, 0.29) is 17.2 Å². The number of phenolic OH excluding ortho intramolecular Hbond substituents is 1. The number of anilines is 1. The maximum atomic E-state index is 12.2. The first-order chi connectivity index (χ1) is 9.27. The van der Waals surface area contributed by atoms with E-state index in [2.05, 4.69) is 10.4 Å². The van der Waals surface area contributed by atoms with Crippen molar-refractivity contribution in [2.24, 2.45) is 0 Å². The van der Waals surface area contributed by atoms with Gasteiger partial charge in [0.05, 0.1) is 11.2 Å². The van der Waals surface area contributed by atoms with Gasteiger partial charge >= 0.3 is 0 Å². The topological polar surface area (TPSA) is 67.2 Å². The number of nitrogens with one attached hydrogen (secondary N) is 1. The number of rotatable bonds is 2. The molecule has 5 heteroatoms. The van der Waals surface area contributed by atoms with Gasteiger partial charge in [-0.25, -0.2) is 4.68 Å². The standard InChI is InChI=1S/C15H19N3O2/c1-10-9-13(18(17-10)15(2,3)4)16-14(20)11-5-7-12(19)8-6-11/h5-9,19H,1-4H3,(H,16,20). The van der Waals surface area contributed by atoms with Crippen molar-refractivity contribution in [3.05, 3.63) is 41.6 Å². The second-order valence-corrected chi connectivity index (χ2v) is 5.75. The van der Waals surface area contributed by atoms with Gasteiger partial charge in [0.1, 0.15) is 11.6 Å². The third-order valence-electron chi connectivity index (χ3n) is 2.84. The van der Waals surface area contributed by atoms with Gasteiger partial charge in [-0.2, -0.15) is 5.10 Å². The van der Waals surface area contributed by atoms with Crippen molar-refractivity contribution in [1.29, 1.82) is 0 Å². The lowest BCUT2D eigenvalue weighted by atomic mass is 10.1. The van der Waals surface area contributed by atoms with E-state index in [1.807, 2.05) is 33.8 Å². The molecule has 1 aromatic carbocycles. The molecule has 0 radical (unpaired) electrons. The molecule has 0 bridgehead atoms. The van der Waals surface area contributed by atoms with Crippen molar-refractivity contribution < 1.29 is 9.90 Å². The first kappa shape index (κ1) is 14.1. The first-order valence-electron chi connectivity index (χ1n) is 6.45. The molecule has 0 aliphatic rings. The van der Waals surface area contributed by atoms with Crippen molar-refractivity contribution in [3.8, 4) is 5.75 Å². The summed E-state index contributed by atoms with van der Waals surface area (Å²) >= 11 is 0. The second-order valence-electron chi connectivity index (χ2n) is 5.75. The van der Waals surface area contributed by atoms with Crippen LogP contribution in [0, 0.1) is 6.92 Å². The molecule has 0 fully saturated rings. The highest BCUT2D eigenvalue weighted by atomic mass is 16.3. The number of aromatic hydroxyl groups is 1. The Morgan fingerprint density at radius 1 is 1.25 bits per heavy atom. The predicted molar refractivity (Wildman–Crippen MR) is 78.0 cm³/mol. The van der Waals surface area contributed by atoms with Crippen molar-refractivity contribution in [1.82, 2.24) is 9.78 Å². The minimum absolute atomic E-state index is 0.136. The fraction of sp³-hybridized carbons (Fsp3) is 0.333. The highest BCUT2D eigenvalue weighted by Crippen LogP contribution is 2.22. The molecule has 2 N–H and O–H groups in total. The molecule has 2 rings (SSSR count). The lowest BCUT2D eigenvalue weighted by Crippen LogP contribution is -2.26. The van der Waals surface area contributed by atoms with Crippen molar-refractivity contribution in [2.75, 3.05) is 5.32 Å². The summed E-state index contributed by atoms with van der Waals surface area (Å²) in [6.07, 6.45) is 0. The van der Waals surface area contributed by atoms with E-state index >= 15 is 0 Å². The zero-order valence-corrected chi connectivity index (χ0v) is 12.1. The average Bonchev–Trinajstić information content (AvgIpc) is 2.71. The average molecular weight is 273 g/mol. The number of hydrogen-bond donors (Lipinski definition) is 2. The Morgan fingerprint density at radius 3 is 2.40 bits per heavy atom. The van der Waals surface area contributed by atoms with Crippen molar-refractivity contribution in [2.45, 2.75) is 33.2 Å². The molecule has 1 heterocycles. The van der Waals surface area contributed by atoms with Gasteiger partial charge in [-0.05, 0) is 52.0 Å². The molecule has 0 spiro atoms. The Bertz CT molecular complexity index is 622. The molecule has 0 saturated heterocycles. The van der Waals surface area contributed by atoms with Crippen LogP contribution in [0.3, 0.4) is 0 Å². The predicted octanol–water partition coefficient (Wildman–Crippen LogP) is 2.90. The Balaban J connectivity index is 2.26. The van der Waals surface area contributed by atoms with Crippen LogP contribution in [0.5, 0.6) is 5.75 Å². The summed E-state index contributed by atoms with van der Waals surface area (Å²) < 4.78 is 1.79. The van der Waals surface area contributed by atoms with E-state index in [4.69, 9.17) is 0 Å². The van der Waals surface area contributed by atoms with Crippen molar-refractivity contribution in [3.63, 3.8) is 0 Å². The number of phenols is 1. The van der Waals surface area contributed by atoms with Crippen molar-refractivity contribution >= 4 is 11.7 Å². The molecule has 1 amide bonds. The summed E-state index contributed by atoms with van der Waals surface area (Å²) in [6, 6.07) is 7.97. The molecule has 2 aromatic rings. The molecular formula is C15H19N3O2. The molecule has 106 valence electrons. The number of hydrogen-bond acceptors (Lipinski definition) is 3. The molecule has 20 heavy (non-hydrogen) atoms. The number of aromatic nitrogens is 2.